The maximum atomic E-state index is 11.0. The number of benzene rings is 1. The molecule has 3 nitrogen and oxygen atoms in total. The van der Waals surface area contributed by atoms with Gasteiger partial charge in [-0.3, -0.25) is 4.79 Å². The van der Waals surface area contributed by atoms with Gasteiger partial charge in [0.15, 0.2) is 0 Å². The van der Waals surface area contributed by atoms with Crippen molar-refractivity contribution in [3.8, 4) is 0 Å². The van der Waals surface area contributed by atoms with E-state index in [1.807, 2.05) is 26.0 Å². The zero-order chi connectivity index (χ0) is 14.7. The van der Waals surface area contributed by atoms with Gasteiger partial charge in [-0.05, 0) is 30.0 Å². The summed E-state index contributed by atoms with van der Waals surface area (Å²) in [4.78, 5) is 11.0. The van der Waals surface area contributed by atoms with Crippen LogP contribution in [0.3, 0.4) is 0 Å². The summed E-state index contributed by atoms with van der Waals surface area (Å²) in [6.45, 7) is 11.2. The maximum Gasteiger partial charge on any atom is 0.305 e. The summed E-state index contributed by atoms with van der Waals surface area (Å²) < 4.78 is 0. The smallest absolute Gasteiger partial charge is 0.305 e. The molecular formula is C16H25NO2. The largest absolute Gasteiger partial charge is 0.481 e. The molecule has 0 fully saturated rings. The van der Waals surface area contributed by atoms with Crippen LogP contribution in [-0.2, 0) is 15.7 Å². The molecule has 0 amide bonds. The molecule has 0 aliphatic heterocycles. The van der Waals surface area contributed by atoms with Gasteiger partial charge in [0.2, 0.25) is 0 Å². The minimum atomic E-state index is -0.789. The first-order chi connectivity index (χ1) is 8.69. The summed E-state index contributed by atoms with van der Waals surface area (Å²) in [6, 6.07) is 8.25. The van der Waals surface area contributed by atoms with Gasteiger partial charge in [-0.15, -0.1) is 0 Å². The van der Waals surface area contributed by atoms with Crippen LogP contribution in [0.4, 0.5) is 0 Å². The van der Waals surface area contributed by atoms with Crippen LogP contribution < -0.4 is 5.32 Å². The van der Waals surface area contributed by atoms with E-state index in [-0.39, 0.29) is 11.8 Å². The van der Waals surface area contributed by atoms with Crippen molar-refractivity contribution < 1.29 is 9.90 Å². The van der Waals surface area contributed by atoms with E-state index in [4.69, 9.17) is 5.11 Å². The molecule has 1 aromatic rings. The molecule has 0 heterocycles. The van der Waals surface area contributed by atoms with Crippen molar-refractivity contribution in [1.82, 2.24) is 5.32 Å². The second-order valence-corrected chi connectivity index (χ2v) is 6.26. The van der Waals surface area contributed by atoms with Crippen molar-refractivity contribution >= 4 is 5.97 Å². The Labute approximate surface area is 116 Å². The minimum absolute atomic E-state index is 0.0791. The summed E-state index contributed by atoms with van der Waals surface area (Å²) in [5, 5.41) is 12.4. The molecule has 0 bridgehead atoms. The van der Waals surface area contributed by atoms with E-state index in [1.165, 1.54) is 5.56 Å². The summed E-state index contributed by atoms with van der Waals surface area (Å²) in [5.74, 6) is -0.789. The van der Waals surface area contributed by atoms with Gasteiger partial charge in [-0.2, -0.15) is 0 Å². The second-order valence-electron chi connectivity index (χ2n) is 6.26. The topological polar surface area (TPSA) is 49.3 Å². The Morgan fingerprint density at radius 2 is 1.58 bits per heavy atom. The highest BCUT2D eigenvalue weighted by Crippen LogP contribution is 2.28. The van der Waals surface area contributed by atoms with Crippen LogP contribution >= 0.6 is 0 Å². The zero-order valence-corrected chi connectivity index (χ0v) is 12.6. The number of carboxylic acids is 1. The zero-order valence-electron chi connectivity index (χ0n) is 12.6. The van der Waals surface area contributed by atoms with Gasteiger partial charge in [0.1, 0.15) is 0 Å². The van der Waals surface area contributed by atoms with Crippen LogP contribution in [0.5, 0.6) is 0 Å². The molecule has 0 aliphatic rings. The molecule has 2 N–H and O–H groups in total. The van der Waals surface area contributed by atoms with E-state index in [1.54, 1.807) is 0 Å². The number of aliphatic carboxylic acids is 1. The molecule has 0 spiro atoms. The van der Waals surface area contributed by atoms with Gasteiger partial charge in [0.05, 0.1) is 12.0 Å². The predicted molar refractivity (Wildman–Crippen MR) is 78.4 cm³/mol. The van der Waals surface area contributed by atoms with E-state index in [2.05, 4.69) is 38.2 Å². The average Bonchev–Trinajstić information content (AvgIpc) is 2.27. The first-order valence-electron chi connectivity index (χ1n) is 6.77. The highest BCUT2D eigenvalue weighted by atomic mass is 16.4. The summed E-state index contributed by atoms with van der Waals surface area (Å²) in [6.07, 6.45) is 0.0791. The Hall–Kier alpha value is -1.35. The predicted octanol–water partition coefficient (Wildman–Crippen LogP) is 3.28. The van der Waals surface area contributed by atoms with E-state index in [9.17, 15) is 4.79 Å². The fourth-order valence-electron chi connectivity index (χ4n) is 2.30. The molecule has 0 aromatic heterocycles. The molecule has 0 aliphatic carbocycles. The van der Waals surface area contributed by atoms with Crippen LogP contribution in [-0.4, -0.2) is 17.6 Å². The van der Waals surface area contributed by atoms with Crippen molar-refractivity contribution in [2.75, 3.05) is 6.54 Å². The second kappa shape index (κ2) is 5.74. The standard InChI is InChI=1S/C16H25NO2/c1-6-17-16(5,11-14(18)19)13-9-7-12(8-10-13)15(2,3)4/h7-10,17H,6,11H2,1-5H3,(H,18,19). The SMILES string of the molecule is CCNC(C)(CC(=O)O)c1ccc(C(C)(C)C)cc1. The number of carboxylic acid groups (broad SMARTS) is 1. The van der Waals surface area contributed by atoms with E-state index >= 15 is 0 Å². The number of rotatable bonds is 5. The van der Waals surface area contributed by atoms with Gasteiger partial charge < -0.3 is 10.4 Å². The molecule has 3 heteroatoms. The Kier molecular flexibility index (Phi) is 4.75. The van der Waals surface area contributed by atoms with Gasteiger partial charge >= 0.3 is 5.97 Å². The third-order valence-corrected chi connectivity index (χ3v) is 3.46. The first kappa shape index (κ1) is 15.7. The van der Waals surface area contributed by atoms with Gasteiger partial charge in [-0.25, -0.2) is 0 Å². The number of hydrogen-bond acceptors (Lipinski definition) is 2. The third kappa shape index (κ3) is 4.06. The van der Waals surface area contributed by atoms with E-state index in [0.717, 1.165) is 12.1 Å². The van der Waals surface area contributed by atoms with Crippen molar-refractivity contribution in [1.29, 1.82) is 0 Å². The lowest BCUT2D eigenvalue weighted by molar-refractivity contribution is -0.138. The number of carbonyl (C=O) groups is 1. The molecule has 1 atom stereocenters. The Morgan fingerprint density at radius 1 is 1.11 bits per heavy atom. The molecule has 1 rings (SSSR count). The van der Waals surface area contributed by atoms with Gasteiger partial charge in [-0.1, -0.05) is 52.0 Å². The molecule has 1 aromatic carbocycles. The molecular weight excluding hydrogens is 238 g/mol. The van der Waals surface area contributed by atoms with Crippen LogP contribution in [0.25, 0.3) is 0 Å². The summed E-state index contributed by atoms with van der Waals surface area (Å²) >= 11 is 0. The van der Waals surface area contributed by atoms with Crippen molar-refractivity contribution in [3.63, 3.8) is 0 Å². The highest BCUT2D eigenvalue weighted by Gasteiger charge is 2.28. The monoisotopic (exact) mass is 263 g/mol. The highest BCUT2D eigenvalue weighted by molar-refractivity contribution is 5.68. The van der Waals surface area contributed by atoms with Crippen LogP contribution in [0.2, 0.25) is 0 Å². The van der Waals surface area contributed by atoms with Gasteiger partial charge in [0, 0.05) is 0 Å². The quantitative estimate of drug-likeness (QED) is 0.857. The summed E-state index contributed by atoms with van der Waals surface area (Å²) in [5.41, 5.74) is 1.87. The van der Waals surface area contributed by atoms with E-state index < -0.39 is 11.5 Å². The maximum absolute atomic E-state index is 11.0. The molecule has 0 saturated heterocycles. The molecule has 106 valence electrons. The van der Waals surface area contributed by atoms with Crippen molar-refractivity contribution in [2.45, 2.75) is 52.0 Å². The normalized spacial score (nSPS) is 15.0. The molecule has 19 heavy (non-hydrogen) atoms. The van der Waals surface area contributed by atoms with Crippen molar-refractivity contribution in [3.05, 3.63) is 35.4 Å². The fraction of sp³-hybridized carbons (Fsp3) is 0.562. The molecule has 0 saturated carbocycles. The fourth-order valence-corrected chi connectivity index (χ4v) is 2.30. The minimum Gasteiger partial charge on any atom is -0.481 e. The lowest BCUT2D eigenvalue weighted by atomic mass is 9.83. The van der Waals surface area contributed by atoms with E-state index in [0.29, 0.717) is 0 Å². The van der Waals surface area contributed by atoms with Crippen molar-refractivity contribution in [2.24, 2.45) is 0 Å². The molecule has 0 radical (unpaired) electrons. The van der Waals surface area contributed by atoms with Crippen LogP contribution in [0.1, 0.15) is 52.2 Å². The van der Waals surface area contributed by atoms with Crippen LogP contribution in [0.15, 0.2) is 24.3 Å². The van der Waals surface area contributed by atoms with Gasteiger partial charge in [0.25, 0.3) is 0 Å². The van der Waals surface area contributed by atoms with Crippen LogP contribution in [0, 0.1) is 0 Å². The first-order valence-corrected chi connectivity index (χ1v) is 6.77. The number of nitrogens with one attached hydrogen (secondary N) is 1. The molecule has 1 unspecified atom stereocenters. The average molecular weight is 263 g/mol. The Balaban J connectivity index is 3.07. The Bertz CT molecular complexity index is 431. The summed E-state index contributed by atoms with van der Waals surface area (Å²) in [7, 11) is 0. The third-order valence-electron chi connectivity index (χ3n) is 3.46. The lowest BCUT2D eigenvalue weighted by Gasteiger charge is -2.30. The lowest BCUT2D eigenvalue weighted by Crippen LogP contribution is -2.41. The number of hydrogen-bond donors (Lipinski definition) is 2. The Morgan fingerprint density at radius 3 is 1.95 bits per heavy atom.